The van der Waals surface area contributed by atoms with Gasteiger partial charge in [0.15, 0.2) is 23.0 Å². The molecule has 2 aromatic carbocycles. The number of carbonyl (C=O) groups excluding carboxylic acids is 1. The number of fused-ring (bicyclic) bond motifs is 1. The van der Waals surface area contributed by atoms with Crippen molar-refractivity contribution in [3.05, 3.63) is 29.8 Å². The van der Waals surface area contributed by atoms with Crippen LogP contribution in [0.2, 0.25) is 0 Å². The van der Waals surface area contributed by atoms with Crippen molar-refractivity contribution in [2.75, 3.05) is 37.7 Å². The van der Waals surface area contributed by atoms with Crippen molar-refractivity contribution in [2.24, 2.45) is 0 Å². The van der Waals surface area contributed by atoms with E-state index >= 15 is 0 Å². The van der Waals surface area contributed by atoms with Gasteiger partial charge in [-0.25, -0.2) is 0 Å². The number of amides is 1. The third-order valence-corrected chi connectivity index (χ3v) is 3.96. The Hall–Kier alpha value is -3.29. The van der Waals surface area contributed by atoms with Crippen molar-refractivity contribution in [1.29, 1.82) is 0 Å². The largest absolute Gasteiger partial charge is 0.490 e. The van der Waals surface area contributed by atoms with Crippen molar-refractivity contribution in [3.8, 4) is 28.7 Å². The molecule has 150 valence electrons. The summed E-state index contributed by atoms with van der Waals surface area (Å²) in [4.78, 5) is 12.9. The van der Waals surface area contributed by atoms with Gasteiger partial charge in [0.1, 0.15) is 0 Å². The van der Waals surface area contributed by atoms with Gasteiger partial charge in [0, 0.05) is 17.7 Å². The number of benzene rings is 2. The number of hydrogen-bond donors (Lipinski definition) is 2. The molecule has 0 saturated heterocycles. The van der Waals surface area contributed by atoms with Crippen LogP contribution in [0.3, 0.4) is 0 Å². The summed E-state index contributed by atoms with van der Waals surface area (Å²) in [5.41, 5.74) is 7.18. The molecule has 28 heavy (non-hydrogen) atoms. The average Bonchev–Trinajstić information content (AvgIpc) is 3.11. The van der Waals surface area contributed by atoms with Crippen LogP contribution in [0.25, 0.3) is 0 Å². The number of nitrogen functional groups attached to an aromatic ring is 1. The molecule has 0 spiro atoms. The summed E-state index contributed by atoms with van der Waals surface area (Å²) in [6.07, 6.45) is 0. The molecule has 0 fully saturated rings. The Kier molecular flexibility index (Phi) is 5.98. The van der Waals surface area contributed by atoms with Gasteiger partial charge in [0.05, 0.1) is 31.2 Å². The van der Waals surface area contributed by atoms with Gasteiger partial charge >= 0.3 is 0 Å². The molecular formula is C20H24N2O6. The Balaban J connectivity index is 1.92. The van der Waals surface area contributed by atoms with Crippen LogP contribution in [-0.4, -0.2) is 32.5 Å². The second-order valence-corrected chi connectivity index (χ2v) is 5.85. The number of hydrogen-bond acceptors (Lipinski definition) is 7. The summed E-state index contributed by atoms with van der Waals surface area (Å²) < 4.78 is 27.6. The van der Waals surface area contributed by atoms with E-state index < -0.39 is 0 Å². The van der Waals surface area contributed by atoms with Crippen molar-refractivity contribution < 1.29 is 28.5 Å². The SMILES string of the molecule is CCOc1cc(C(=O)Nc2cc3c(cc2N)OCO3)cc(OCC)c1OCC. The molecule has 8 heteroatoms. The highest BCUT2D eigenvalue weighted by Gasteiger charge is 2.21. The third-order valence-electron chi connectivity index (χ3n) is 3.96. The van der Waals surface area contributed by atoms with Crippen molar-refractivity contribution >= 4 is 17.3 Å². The summed E-state index contributed by atoms with van der Waals surface area (Å²) in [6.45, 7) is 7.00. The van der Waals surface area contributed by atoms with Gasteiger partial charge < -0.3 is 34.7 Å². The zero-order valence-corrected chi connectivity index (χ0v) is 16.2. The van der Waals surface area contributed by atoms with Crippen LogP contribution in [0, 0.1) is 0 Å². The Morgan fingerprint density at radius 1 is 0.964 bits per heavy atom. The first-order chi connectivity index (χ1) is 13.6. The summed E-state index contributed by atoms with van der Waals surface area (Å²) >= 11 is 0. The number of nitrogens with two attached hydrogens (primary N) is 1. The molecule has 1 heterocycles. The Morgan fingerprint density at radius 3 is 2.11 bits per heavy atom. The van der Waals surface area contributed by atoms with Gasteiger partial charge in [0.25, 0.3) is 5.91 Å². The van der Waals surface area contributed by atoms with Crippen molar-refractivity contribution in [1.82, 2.24) is 0 Å². The van der Waals surface area contributed by atoms with E-state index in [0.29, 0.717) is 65.5 Å². The van der Waals surface area contributed by atoms with E-state index in [4.69, 9.17) is 29.4 Å². The average molecular weight is 388 g/mol. The highest BCUT2D eigenvalue weighted by molar-refractivity contribution is 6.06. The normalized spacial score (nSPS) is 11.8. The fourth-order valence-corrected chi connectivity index (χ4v) is 2.78. The van der Waals surface area contributed by atoms with Crippen LogP contribution in [0.4, 0.5) is 11.4 Å². The minimum atomic E-state index is -0.365. The van der Waals surface area contributed by atoms with Crippen LogP contribution in [0.5, 0.6) is 28.7 Å². The minimum absolute atomic E-state index is 0.125. The highest BCUT2D eigenvalue weighted by Crippen LogP contribution is 2.41. The first-order valence-corrected chi connectivity index (χ1v) is 9.14. The van der Waals surface area contributed by atoms with E-state index in [2.05, 4.69) is 5.32 Å². The Labute approximate surface area is 163 Å². The second-order valence-electron chi connectivity index (χ2n) is 5.85. The molecule has 0 bridgehead atoms. The molecule has 0 aromatic heterocycles. The van der Waals surface area contributed by atoms with Gasteiger partial charge in [0.2, 0.25) is 12.5 Å². The maximum atomic E-state index is 12.9. The van der Waals surface area contributed by atoms with E-state index in [9.17, 15) is 4.79 Å². The lowest BCUT2D eigenvalue weighted by Crippen LogP contribution is -2.14. The molecule has 3 rings (SSSR count). The monoisotopic (exact) mass is 388 g/mol. The number of nitrogens with one attached hydrogen (secondary N) is 1. The zero-order valence-electron chi connectivity index (χ0n) is 16.2. The summed E-state index contributed by atoms with van der Waals surface area (Å²) in [5.74, 6) is 2.08. The van der Waals surface area contributed by atoms with Crippen molar-refractivity contribution in [3.63, 3.8) is 0 Å². The van der Waals surface area contributed by atoms with E-state index in [0.717, 1.165) is 0 Å². The van der Waals surface area contributed by atoms with E-state index in [1.807, 2.05) is 20.8 Å². The molecule has 0 unspecified atom stereocenters. The van der Waals surface area contributed by atoms with Gasteiger partial charge in [-0.3, -0.25) is 4.79 Å². The Bertz CT molecular complexity index is 841. The molecule has 0 radical (unpaired) electrons. The molecule has 0 saturated carbocycles. The summed E-state index contributed by atoms with van der Waals surface area (Å²) in [7, 11) is 0. The minimum Gasteiger partial charge on any atom is -0.490 e. The summed E-state index contributed by atoms with van der Waals surface area (Å²) in [5, 5.41) is 2.79. The van der Waals surface area contributed by atoms with Crippen LogP contribution in [-0.2, 0) is 0 Å². The smallest absolute Gasteiger partial charge is 0.256 e. The van der Waals surface area contributed by atoms with Gasteiger partial charge in [-0.15, -0.1) is 0 Å². The lowest BCUT2D eigenvalue weighted by molar-refractivity contribution is 0.102. The highest BCUT2D eigenvalue weighted by atomic mass is 16.7. The summed E-state index contributed by atoms with van der Waals surface area (Å²) in [6, 6.07) is 6.50. The van der Waals surface area contributed by atoms with Crippen LogP contribution in [0.1, 0.15) is 31.1 Å². The maximum absolute atomic E-state index is 12.9. The molecular weight excluding hydrogens is 364 g/mol. The molecule has 0 aliphatic carbocycles. The zero-order chi connectivity index (χ0) is 20.1. The van der Waals surface area contributed by atoms with E-state index in [1.165, 1.54) is 0 Å². The van der Waals surface area contributed by atoms with Crippen molar-refractivity contribution in [2.45, 2.75) is 20.8 Å². The lowest BCUT2D eigenvalue weighted by atomic mass is 10.1. The third kappa shape index (κ3) is 4.00. The van der Waals surface area contributed by atoms with Crippen LogP contribution in [0.15, 0.2) is 24.3 Å². The Morgan fingerprint density at radius 2 is 1.54 bits per heavy atom. The predicted octanol–water partition coefficient (Wildman–Crippen LogP) is 3.45. The van der Waals surface area contributed by atoms with E-state index in [-0.39, 0.29) is 12.7 Å². The second kappa shape index (κ2) is 8.60. The molecule has 1 aliphatic heterocycles. The molecule has 2 aromatic rings. The van der Waals surface area contributed by atoms with Gasteiger partial charge in [-0.2, -0.15) is 0 Å². The van der Waals surface area contributed by atoms with Gasteiger partial charge in [-0.05, 0) is 32.9 Å². The molecule has 0 atom stereocenters. The molecule has 1 aliphatic rings. The van der Waals surface area contributed by atoms with E-state index in [1.54, 1.807) is 24.3 Å². The first-order valence-electron chi connectivity index (χ1n) is 9.14. The molecule has 3 N–H and O–H groups in total. The number of ether oxygens (including phenoxy) is 5. The maximum Gasteiger partial charge on any atom is 0.256 e. The molecule has 8 nitrogen and oxygen atoms in total. The standard InChI is InChI=1S/C20H24N2O6/c1-4-24-17-7-12(8-18(25-5-2)19(17)26-6-3)20(23)22-14-10-16-15(9-13(14)21)27-11-28-16/h7-10H,4-6,11,21H2,1-3H3,(H,22,23). The number of carbonyl (C=O) groups is 1. The number of anilines is 2. The van der Waals surface area contributed by atoms with Crippen LogP contribution >= 0.6 is 0 Å². The fraction of sp³-hybridized carbons (Fsp3) is 0.350. The molecule has 1 amide bonds. The van der Waals surface area contributed by atoms with Gasteiger partial charge in [-0.1, -0.05) is 0 Å². The fourth-order valence-electron chi connectivity index (χ4n) is 2.78. The first kappa shape index (κ1) is 19.5. The quantitative estimate of drug-likeness (QED) is 0.668. The number of rotatable bonds is 8. The van der Waals surface area contributed by atoms with Crippen LogP contribution < -0.4 is 34.7 Å². The lowest BCUT2D eigenvalue weighted by Gasteiger charge is -2.17. The topological polar surface area (TPSA) is 101 Å². The predicted molar refractivity (Wildman–Crippen MR) is 105 cm³/mol.